The van der Waals surface area contributed by atoms with E-state index in [9.17, 15) is 0 Å². The summed E-state index contributed by atoms with van der Waals surface area (Å²) in [5.41, 5.74) is 11.0. The van der Waals surface area contributed by atoms with Crippen LogP contribution >= 0.6 is 0 Å². The third-order valence-electron chi connectivity index (χ3n) is 2.32. The summed E-state index contributed by atoms with van der Waals surface area (Å²) >= 11 is 0. The molecule has 0 rings (SSSR count). The Labute approximate surface area is 118 Å². The van der Waals surface area contributed by atoms with Gasteiger partial charge in [0, 0.05) is 41.3 Å². The minimum atomic E-state index is 0.160. The number of hydrogen-bond acceptors (Lipinski definition) is 4. The van der Waals surface area contributed by atoms with Crippen molar-refractivity contribution in [1.82, 2.24) is 20.9 Å². The second-order valence-corrected chi connectivity index (χ2v) is 3.74. The van der Waals surface area contributed by atoms with Gasteiger partial charge in [0.05, 0.1) is 0 Å². The molecule has 0 unspecified atom stereocenters. The maximum atomic E-state index is 7.74. The first kappa shape index (κ1) is 17.5. The third-order valence-corrected chi connectivity index (χ3v) is 2.32. The minimum absolute atomic E-state index is 0.160. The number of nitrogens with zero attached hydrogens (tertiary/aromatic N) is 4. The highest BCUT2D eigenvalue weighted by Gasteiger charge is 2.05. The van der Waals surface area contributed by atoms with Gasteiger partial charge in [0.15, 0.2) is 23.8 Å². The Bertz CT molecular complexity index is 397. The van der Waals surface area contributed by atoms with E-state index in [1.54, 1.807) is 33.1 Å². The molecule has 0 aromatic carbocycles. The number of guanidine groups is 4. The van der Waals surface area contributed by atoms with Crippen LogP contribution in [0.2, 0.25) is 0 Å². The lowest BCUT2D eigenvalue weighted by molar-refractivity contribution is 0.489. The molecule has 20 heavy (non-hydrogen) atoms. The minimum Gasteiger partial charge on any atom is -0.370 e. The van der Waals surface area contributed by atoms with E-state index in [1.165, 1.54) is 0 Å². The number of rotatable bonds is 3. The molecule has 0 aliphatic rings. The van der Waals surface area contributed by atoms with Crippen LogP contribution in [-0.2, 0) is 0 Å². The molecule has 10 nitrogen and oxygen atoms in total. The van der Waals surface area contributed by atoms with Crippen LogP contribution in [0.1, 0.15) is 0 Å². The van der Waals surface area contributed by atoms with Gasteiger partial charge in [0.2, 0.25) is 0 Å². The van der Waals surface area contributed by atoms with Crippen molar-refractivity contribution in [3.05, 3.63) is 0 Å². The van der Waals surface area contributed by atoms with Crippen LogP contribution in [0.5, 0.6) is 0 Å². The smallest absolute Gasteiger partial charge is 0.197 e. The van der Waals surface area contributed by atoms with Crippen molar-refractivity contribution in [2.24, 2.45) is 26.4 Å². The van der Waals surface area contributed by atoms with Crippen molar-refractivity contribution >= 4 is 23.8 Å². The van der Waals surface area contributed by atoms with E-state index in [1.807, 2.05) is 0 Å². The fourth-order valence-electron chi connectivity index (χ4n) is 1.08. The number of hydrogen-bond donors (Lipinski definition) is 6. The summed E-state index contributed by atoms with van der Waals surface area (Å²) in [6.07, 6.45) is 0. The molecule has 8 N–H and O–H groups in total. The molecule has 0 aromatic heterocycles. The lowest BCUT2D eigenvalue weighted by Crippen LogP contribution is -2.49. The molecule has 0 bridgehead atoms. The highest BCUT2D eigenvalue weighted by atomic mass is 15.3. The van der Waals surface area contributed by atoms with E-state index in [2.05, 4.69) is 30.9 Å². The summed E-state index contributed by atoms with van der Waals surface area (Å²) in [5, 5.41) is 16.2. The molecular formula is C10H24N10. The predicted octanol–water partition coefficient (Wildman–Crippen LogP) is -2.50. The Morgan fingerprint density at radius 1 is 1.05 bits per heavy atom. The molecule has 0 radical (unpaired) electrons. The fraction of sp³-hybridized carbons (Fsp3) is 0.600. The average molecular weight is 284 g/mol. The van der Waals surface area contributed by atoms with Crippen molar-refractivity contribution in [3.63, 3.8) is 0 Å². The van der Waals surface area contributed by atoms with Crippen LogP contribution in [-0.4, -0.2) is 70.0 Å². The molecular weight excluding hydrogens is 260 g/mol. The molecule has 0 saturated carbocycles. The standard InChI is InChI=1S/C10H24N10/c1-14-7(11)18-9(13)20(4)6-5-17-10(16-3)19-8(12)15-2/h5-6H2,1-4H3,(H4,11,13,14,18)(H4,12,15,16,17,19). The zero-order valence-corrected chi connectivity index (χ0v) is 12.4. The van der Waals surface area contributed by atoms with Crippen molar-refractivity contribution in [2.75, 3.05) is 41.3 Å². The van der Waals surface area contributed by atoms with Crippen LogP contribution in [0.15, 0.2) is 15.0 Å². The zero-order chi connectivity index (χ0) is 15.5. The first-order valence-corrected chi connectivity index (χ1v) is 5.93. The molecule has 114 valence electrons. The topological polar surface area (TPSA) is 152 Å². The first-order valence-electron chi connectivity index (χ1n) is 5.93. The lowest BCUT2D eigenvalue weighted by atomic mass is 10.5. The zero-order valence-electron chi connectivity index (χ0n) is 12.4. The van der Waals surface area contributed by atoms with E-state index in [4.69, 9.17) is 16.9 Å². The van der Waals surface area contributed by atoms with E-state index in [-0.39, 0.29) is 17.9 Å². The Kier molecular flexibility index (Phi) is 8.23. The summed E-state index contributed by atoms with van der Waals surface area (Å²) in [6, 6.07) is 0. The van der Waals surface area contributed by atoms with E-state index in [0.29, 0.717) is 19.0 Å². The van der Waals surface area contributed by atoms with Gasteiger partial charge < -0.3 is 21.7 Å². The number of nitrogens with one attached hydrogen (secondary N) is 4. The van der Waals surface area contributed by atoms with Crippen LogP contribution in [0.25, 0.3) is 0 Å². The average Bonchev–Trinajstić information content (AvgIpc) is 2.45. The summed E-state index contributed by atoms with van der Waals surface area (Å²) in [7, 11) is 6.52. The molecule has 0 aliphatic carbocycles. The fourth-order valence-corrected chi connectivity index (χ4v) is 1.08. The lowest BCUT2D eigenvalue weighted by Gasteiger charge is -2.21. The van der Waals surface area contributed by atoms with Crippen molar-refractivity contribution in [2.45, 2.75) is 0 Å². The molecule has 0 amide bonds. The highest BCUT2D eigenvalue weighted by molar-refractivity contribution is 5.98. The Morgan fingerprint density at radius 2 is 1.60 bits per heavy atom. The summed E-state index contributed by atoms with van der Waals surface area (Å²) in [6.45, 7) is 1.12. The highest BCUT2D eigenvalue weighted by Crippen LogP contribution is 1.81. The van der Waals surface area contributed by atoms with Gasteiger partial charge >= 0.3 is 0 Å². The SMILES string of the molecule is CN=C(N)NC(=N)N(C)CCNC(=NC)NC(N)=NC. The van der Waals surface area contributed by atoms with E-state index >= 15 is 0 Å². The van der Waals surface area contributed by atoms with Gasteiger partial charge in [0.25, 0.3) is 0 Å². The molecule has 0 aliphatic heterocycles. The monoisotopic (exact) mass is 284 g/mol. The van der Waals surface area contributed by atoms with Gasteiger partial charge in [-0.15, -0.1) is 0 Å². The maximum Gasteiger partial charge on any atom is 0.197 e. The molecule has 0 spiro atoms. The van der Waals surface area contributed by atoms with Gasteiger partial charge in [-0.25, -0.2) is 0 Å². The summed E-state index contributed by atoms with van der Waals surface area (Å²) in [4.78, 5) is 13.2. The molecule has 0 fully saturated rings. The molecule has 0 atom stereocenters. The van der Waals surface area contributed by atoms with Crippen LogP contribution in [0, 0.1) is 5.41 Å². The second-order valence-electron chi connectivity index (χ2n) is 3.74. The van der Waals surface area contributed by atoms with Crippen molar-refractivity contribution in [1.29, 1.82) is 5.41 Å². The number of nitrogens with two attached hydrogens (primary N) is 2. The van der Waals surface area contributed by atoms with E-state index < -0.39 is 0 Å². The quantitative estimate of drug-likeness (QED) is 0.249. The third kappa shape index (κ3) is 7.03. The normalized spacial score (nSPS) is 12.9. The Balaban J connectivity index is 4.13. The Morgan fingerprint density at radius 3 is 2.10 bits per heavy atom. The second kappa shape index (κ2) is 9.42. The molecule has 0 heterocycles. The van der Waals surface area contributed by atoms with Gasteiger partial charge in [-0.1, -0.05) is 0 Å². The van der Waals surface area contributed by atoms with Crippen LogP contribution < -0.4 is 27.4 Å². The van der Waals surface area contributed by atoms with Gasteiger partial charge in [0.1, 0.15) is 0 Å². The molecule has 0 aromatic rings. The van der Waals surface area contributed by atoms with Crippen molar-refractivity contribution in [3.8, 4) is 0 Å². The molecule has 0 saturated heterocycles. The first-order chi connectivity index (χ1) is 9.44. The Hall–Kier alpha value is -2.52. The van der Waals surface area contributed by atoms with Gasteiger partial charge in [-0.2, -0.15) is 0 Å². The number of aliphatic imine (C=N–C) groups is 3. The van der Waals surface area contributed by atoms with Gasteiger partial charge in [-0.3, -0.25) is 31.0 Å². The number of likely N-dealkylation sites (N-methyl/N-ethyl adjacent to an activating group) is 1. The van der Waals surface area contributed by atoms with Crippen LogP contribution in [0.3, 0.4) is 0 Å². The predicted molar refractivity (Wildman–Crippen MR) is 83.1 cm³/mol. The van der Waals surface area contributed by atoms with Crippen molar-refractivity contribution < 1.29 is 0 Å². The van der Waals surface area contributed by atoms with Gasteiger partial charge in [-0.05, 0) is 0 Å². The summed E-state index contributed by atoms with van der Waals surface area (Å²) < 4.78 is 0. The largest absolute Gasteiger partial charge is 0.370 e. The van der Waals surface area contributed by atoms with Crippen LogP contribution in [0.4, 0.5) is 0 Å². The maximum absolute atomic E-state index is 7.74. The van der Waals surface area contributed by atoms with E-state index in [0.717, 1.165) is 0 Å². The summed E-state index contributed by atoms with van der Waals surface area (Å²) in [5.74, 6) is 1.13. The molecule has 10 heteroatoms.